The van der Waals surface area contributed by atoms with Crippen LogP contribution in [0.5, 0.6) is 0 Å². The molecule has 0 spiro atoms. The van der Waals surface area contributed by atoms with E-state index in [0.717, 1.165) is 37.2 Å². The van der Waals surface area contributed by atoms with Gasteiger partial charge in [0, 0.05) is 11.3 Å². The number of nitrogens with one attached hydrogen (secondary N) is 1. The molecule has 0 unspecified atom stereocenters. The molecule has 0 saturated heterocycles. The van der Waals surface area contributed by atoms with Crippen molar-refractivity contribution in [3.63, 3.8) is 0 Å². The average Bonchev–Trinajstić information content (AvgIpc) is 2.84. The molecule has 0 bridgehead atoms. The van der Waals surface area contributed by atoms with Gasteiger partial charge in [0.15, 0.2) is 5.13 Å². The number of rotatable bonds is 6. The van der Waals surface area contributed by atoms with Gasteiger partial charge in [0.1, 0.15) is 0 Å². The van der Waals surface area contributed by atoms with E-state index in [9.17, 15) is 4.79 Å². The molecule has 1 aromatic rings. The minimum absolute atomic E-state index is 0.0782. The zero-order valence-electron chi connectivity index (χ0n) is 10.00. The van der Waals surface area contributed by atoms with Gasteiger partial charge in [0.2, 0.25) is 5.91 Å². The van der Waals surface area contributed by atoms with Gasteiger partial charge in [-0.3, -0.25) is 4.79 Å². The average molecular weight is 253 g/mol. The zero-order valence-corrected chi connectivity index (χ0v) is 10.8. The van der Waals surface area contributed by atoms with E-state index in [1.54, 1.807) is 11.3 Å². The molecule has 0 saturated carbocycles. The Balaban J connectivity index is 1.74. The molecule has 0 atom stereocenters. The van der Waals surface area contributed by atoms with Gasteiger partial charge in [0.25, 0.3) is 0 Å². The fourth-order valence-corrected chi connectivity index (χ4v) is 3.10. The van der Waals surface area contributed by atoms with Gasteiger partial charge < -0.3 is 11.1 Å². The van der Waals surface area contributed by atoms with Crippen LogP contribution in [0.2, 0.25) is 0 Å². The van der Waals surface area contributed by atoms with Crippen LogP contribution >= 0.6 is 11.3 Å². The Hall–Kier alpha value is -0.940. The summed E-state index contributed by atoms with van der Waals surface area (Å²) in [7, 11) is 0. The van der Waals surface area contributed by atoms with E-state index >= 15 is 0 Å². The van der Waals surface area contributed by atoms with Crippen LogP contribution in [0.4, 0.5) is 5.13 Å². The summed E-state index contributed by atoms with van der Waals surface area (Å²) in [4.78, 5) is 17.4. The third-order valence-electron chi connectivity index (χ3n) is 2.95. The standard InChI is InChI=1S/C12H19N3OS/c13-8-3-1-2-7-11(16)15-12-14-9-5-4-6-10(9)17-12/h1-8,13H2,(H,14,15,16). The van der Waals surface area contributed by atoms with Crippen molar-refractivity contribution in [2.75, 3.05) is 11.9 Å². The number of amides is 1. The Morgan fingerprint density at radius 1 is 1.35 bits per heavy atom. The summed E-state index contributed by atoms with van der Waals surface area (Å²) in [6.45, 7) is 0.709. The Labute approximate surface area is 106 Å². The summed E-state index contributed by atoms with van der Waals surface area (Å²) >= 11 is 1.63. The normalized spacial score (nSPS) is 13.7. The van der Waals surface area contributed by atoms with Gasteiger partial charge in [-0.25, -0.2) is 4.98 Å². The number of carbonyl (C=O) groups excluding carboxylic acids is 1. The number of aromatic nitrogens is 1. The highest BCUT2D eigenvalue weighted by Crippen LogP contribution is 2.30. The lowest BCUT2D eigenvalue weighted by atomic mass is 10.2. The smallest absolute Gasteiger partial charge is 0.226 e. The van der Waals surface area contributed by atoms with E-state index in [2.05, 4.69) is 10.3 Å². The Bertz CT molecular complexity index is 368. The first-order valence-electron chi connectivity index (χ1n) is 6.28. The number of fused-ring (bicyclic) bond motifs is 1. The Morgan fingerprint density at radius 3 is 3.00 bits per heavy atom. The highest BCUT2D eigenvalue weighted by Gasteiger charge is 2.17. The molecule has 2 rings (SSSR count). The van der Waals surface area contributed by atoms with Crippen LogP contribution in [0.15, 0.2) is 0 Å². The molecule has 94 valence electrons. The summed E-state index contributed by atoms with van der Waals surface area (Å²) in [5, 5.41) is 3.66. The number of aryl methyl sites for hydroxylation is 2. The van der Waals surface area contributed by atoms with Crippen LogP contribution in [-0.4, -0.2) is 17.4 Å². The quantitative estimate of drug-likeness (QED) is 0.763. The first-order valence-corrected chi connectivity index (χ1v) is 7.09. The van der Waals surface area contributed by atoms with E-state index in [4.69, 9.17) is 5.73 Å². The topological polar surface area (TPSA) is 68.0 Å². The number of unbranched alkanes of at least 4 members (excludes halogenated alkanes) is 2. The lowest BCUT2D eigenvalue weighted by Crippen LogP contribution is -2.11. The van der Waals surface area contributed by atoms with Crippen LogP contribution in [0.25, 0.3) is 0 Å². The molecule has 1 heterocycles. The van der Waals surface area contributed by atoms with E-state index in [1.807, 2.05) is 0 Å². The maximum Gasteiger partial charge on any atom is 0.226 e. The van der Waals surface area contributed by atoms with Crippen molar-refractivity contribution in [2.24, 2.45) is 5.73 Å². The monoisotopic (exact) mass is 253 g/mol. The Morgan fingerprint density at radius 2 is 2.24 bits per heavy atom. The molecule has 0 radical (unpaired) electrons. The van der Waals surface area contributed by atoms with Crippen LogP contribution in [0.1, 0.15) is 42.7 Å². The fraction of sp³-hybridized carbons (Fsp3) is 0.667. The summed E-state index contributed by atoms with van der Waals surface area (Å²) in [6.07, 6.45) is 6.91. The minimum atomic E-state index is 0.0782. The van der Waals surface area contributed by atoms with Crippen molar-refractivity contribution < 1.29 is 4.79 Å². The predicted octanol–water partition coefficient (Wildman–Crippen LogP) is 2.09. The number of anilines is 1. The summed E-state index contributed by atoms with van der Waals surface area (Å²) in [6, 6.07) is 0. The SMILES string of the molecule is NCCCCCC(=O)Nc1nc2c(s1)CCC2. The third kappa shape index (κ3) is 3.51. The molecule has 5 heteroatoms. The van der Waals surface area contributed by atoms with Crippen molar-refractivity contribution in [3.8, 4) is 0 Å². The highest BCUT2D eigenvalue weighted by molar-refractivity contribution is 7.15. The molecule has 4 nitrogen and oxygen atoms in total. The number of carbonyl (C=O) groups is 1. The van der Waals surface area contributed by atoms with Crippen molar-refractivity contribution in [1.82, 2.24) is 4.98 Å². The van der Waals surface area contributed by atoms with Gasteiger partial charge in [0.05, 0.1) is 5.69 Å². The second kappa shape index (κ2) is 6.12. The van der Waals surface area contributed by atoms with Crippen LogP contribution in [0, 0.1) is 0 Å². The second-order valence-electron chi connectivity index (χ2n) is 4.39. The molecule has 1 aliphatic rings. The van der Waals surface area contributed by atoms with Crippen LogP contribution in [0.3, 0.4) is 0 Å². The summed E-state index contributed by atoms with van der Waals surface area (Å²) in [5.74, 6) is 0.0782. The fourth-order valence-electron chi connectivity index (χ4n) is 2.03. The first kappa shape index (κ1) is 12.5. The molecule has 1 aliphatic carbocycles. The largest absolute Gasteiger partial charge is 0.330 e. The minimum Gasteiger partial charge on any atom is -0.330 e. The van der Waals surface area contributed by atoms with Gasteiger partial charge >= 0.3 is 0 Å². The van der Waals surface area contributed by atoms with Gasteiger partial charge in [-0.15, -0.1) is 11.3 Å². The first-order chi connectivity index (χ1) is 8.29. The van der Waals surface area contributed by atoms with Crippen LogP contribution in [-0.2, 0) is 17.6 Å². The number of hydrogen-bond acceptors (Lipinski definition) is 4. The third-order valence-corrected chi connectivity index (χ3v) is 4.02. The van der Waals surface area contributed by atoms with Crippen molar-refractivity contribution in [1.29, 1.82) is 0 Å². The van der Waals surface area contributed by atoms with Crippen molar-refractivity contribution >= 4 is 22.4 Å². The number of thiazole rings is 1. The van der Waals surface area contributed by atoms with Crippen molar-refractivity contribution in [3.05, 3.63) is 10.6 Å². The molecule has 1 amide bonds. The van der Waals surface area contributed by atoms with Gasteiger partial charge in [-0.1, -0.05) is 6.42 Å². The molecule has 1 aromatic heterocycles. The Kier molecular flexibility index (Phi) is 4.50. The van der Waals surface area contributed by atoms with Crippen molar-refractivity contribution in [2.45, 2.75) is 44.9 Å². The number of hydrogen-bond donors (Lipinski definition) is 2. The van der Waals surface area contributed by atoms with Crippen LogP contribution < -0.4 is 11.1 Å². The molecule has 17 heavy (non-hydrogen) atoms. The predicted molar refractivity (Wildman–Crippen MR) is 70.3 cm³/mol. The number of nitrogens with zero attached hydrogens (tertiary/aromatic N) is 1. The molecule has 0 aliphatic heterocycles. The van der Waals surface area contributed by atoms with Gasteiger partial charge in [-0.2, -0.15) is 0 Å². The lowest BCUT2D eigenvalue weighted by molar-refractivity contribution is -0.116. The van der Waals surface area contributed by atoms with E-state index < -0.39 is 0 Å². The molecule has 3 N–H and O–H groups in total. The molecular formula is C12H19N3OS. The lowest BCUT2D eigenvalue weighted by Gasteiger charge is -2.01. The second-order valence-corrected chi connectivity index (χ2v) is 5.47. The molecule has 0 aromatic carbocycles. The summed E-state index contributed by atoms with van der Waals surface area (Å²) < 4.78 is 0. The summed E-state index contributed by atoms with van der Waals surface area (Å²) in [5.41, 5.74) is 6.59. The van der Waals surface area contributed by atoms with E-state index in [-0.39, 0.29) is 5.91 Å². The zero-order chi connectivity index (χ0) is 12.1. The maximum atomic E-state index is 11.6. The van der Waals surface area contributed by atoms with E-state index in [1.165, 1.54) is 17.0 Å². The number of nitrogens with two attached hydrogens (primary N) is 1. The van der Waals surface area contributed by atoms with E-state index in [0.29, 0.717) is 13.0 Å². The maximum absolute atomic E-state index is 11.6. The van der Waals surface area contributed by atoms with Gasteiger partial charge in [-0.05, 0) is 38.6 Å². The molecule has 0 fully saturated rings. The molecular weight excluding hydrogens is 234 g/mol. The highest BCUT2D eigenvalue weighted by atomic mass is 32.1.